The number of nitrogens with one attached hydrogen (secondary N) is 1. The van der Waals surface area contributed by atoms with E-state index in [4.69, 9.17) is 11.5 Å². The molecule has 0 radical (unpaired) electrons. The molecule has 74 valence electrons. The van der Waals surface area contributed by atoms with Gasteiger partial charge in [0.1, 0.15) is 4.60 Å². The summed E-state index contributed by atoms with van der Waals surface area (Å²) in [5.74, 6) is 0. The number of amides is 2. The quantitative estimate of drug-likeness (QED) is 0.406. The van der Waals surface area contributed by atoms with Crippen molar-refractivity contribution in [1.82, 2.24) is 10.4 Å². The molecule has 5 N–H and O–H groups in total. The number of hydrazone groups is 1. The Bertz CT molecular complexity index is 378. The number of pyridine rings is 1. The molecule has 0 saturated heterocycles. The molecule has 1 heterocycles. The molecule has 0 aliphatic heterocycles. The molecule has 2 amide bonds. The van der Waals surface area contributed by atoms with Crippen LogP contribution in [-0.2, 0) is 0 Å². The minimum Gasteiger partial charge on any atom is -0.396 e. The second kappa shape index (κ2) is 4.56. The van der Waals surface area contributed by atoms with E-state index in [-0.39, 0.29) is 0 Å². The molecule has 0 saturated carbocycles. The highest BCUT2D eigenvalue weighted by atomic mass is 79.9. The van der Waals surface area contributed by atoms with Crippen molar-refractivity contribution >= 4 is 33.9 Å². The molecule has 0 aliphatic rings. The predicted octanol–water partition coefficient (Wildman–Crippen LogP) is 0.428. The zero-order valence-electron chi connectivity index (χ0n) is 7.07. The number of anilines is 1. The zero-order valence-corrected chi connectivity index (χ0v) is 8.65. The van der Waals surface area contributed by atoms with Crippen molar-refractivity contribution in [2.24, 2.45) is 10.8 Å². The first kappa shape index (κ1) is 10.5. The lowest BCUT2D eigenvalue weighted by molar-refractivity contribution is 0.249. The Morgan fingerprint density at radius 3 is 3.07 bits per heavy atom. The van der Waals surface area contributed by atoms with Crippen molar-refractivity contribution in [2.45, 2.75) is 0 Å². The molecule has 0 aromatic carbocycles. The van der Waals surface area contributed by atoms with Crippen molar-refractivity contribution in [3.05, 3.63) is 22.4 Å². The number of nitrogens with zero attached hydrogens (tertiary/aromatic N) is 2. The monoisotopic (exact) mass is 257 g/mol. The number of hydrogen-bond donors (Lipinski definition) is 3. The fraction of sp³-hybridized carbons (Fsp3) is 0. The molecule has 0 atom stereocenters. The molecular weight excluding hydrogens is 250 g/mol. The topological polar surface area (TPSA) is 106 Å². The number of aromatic nitrogens is 1. The molecule has 0 bridgehead atoms. The van der Waals surface area contributed by atoms with Gasteiger partial charge < -0.3 is 11.5 Å². The van der Waals surface area contributed by atoms with Crippen LogP contribution in [0.3, 0.4) is 0 Å². The molecule has 1 aromatic rings. The number of rotatable bonds is 2. The van der Waals surface area contributed by atoms with E-state index in [1.54, 1.807) is 12.3 Å². The summed E-state index contributed by atoms with van der Waals surface area (Å²) in [7, 11) is 0. The van der Waals surface area contributed by atoms with Crippen LogP contribution in [0.5, 0.6) is 0 Å². The summed E-state index contributed by atoms with van der Waals surface area (Å²) >= 11 is 3.16. The van der Waals surface area contributed by atoms with Gasteiger partial charge in [-0.2, -0.15) is 5.10 Å². The fourth-order valence-electron chi connectivity index (χ4n) is 0.739. The maximum atomic E-state index is 10.3. The fourth-order valence-corrected chi connectivity index (χ4v) is 1.09. The van der Waals surface area contributed by atoms with Crippen molar-refractivity contribution < 1.29 is 4.79 Å². The Hall–Kier alpha value is -1.63. The number of primary amides is 1. The first-order valence-corrected chi connectivity index (χ1v) is 4.39. The van der Waals surface area contributed by atoms with Crippen LogP contribution in [0.1, 0.15) is 5.56 Å². The number of halogens is 1. The normalized spacial score (nSPS) is 10.4. The standard InChI is InChI=1S/C7H8BrN5O/c8-6-5(9)4(1-2-11-6)3-12-13-7(10)14/h1-3H,9H2,(H3,10,13,14)/b12-3+. The van der Waals surface area contributed by atoms with Crippen LogP contribution < -0.4 is 16.9 Å². The third-order valence-corrected chi connectivity index (χ3v) is 1.99. The number of nitrogen functional groups attached to an aromatic ring is 1. The van der Waals surface area contributed by atoms with Crippen molar-refractivity contribution in [1.29, 1.82) is 0 Å². The highest BCUT2D eigenvalue weighted by Gasteiger charge is 2.00. The first-order chi connectivity index (χ1) is 6.61. The Labute approximate surface area is 88.5 Å². The summed E-state index contributed by atoms with van der Waals surface area (Å²) in [4.78, 5) is 14.2. The molecule has 0 fully saturated rings. The van der Waals surface area contributed by atoms with E-state index in [1.807, 2.05) is 0 Å². The molecule has 0 unspecified atom stereocenters. The van der Waals surface area contributed by atoms with Gasteiger partial charge in [0.15, 0.2) is 0 Å². The van der Waals surface area contributed by atoms with Gasteiger partial charge >= 0.3 is 6.03 Å². The van der Waals surface area contributed by atoms with Gasteiger partial charge in [-0.3, -0.25) is 0 Å². The maximum Gasteiger partial charge on any atom is 0.332 e. The summed E-state index contributed by atoms with van der Waals surface area (Å²) in [6, 6.07) is 0.930. The minimum atomic E-state index is -0.729. The van der Waals surface area contributed by atoms with Gasteiger partial charge in [0.05, 0.1) is 11.9 Å². The van der Waals surface area contributed by atoms with Crippen LogP contribution in [0, 0.1) is 0 Å². The number of urea groups is 1. The van der Waals surface area contributed by atoms with Crippen molar-refractivity contribution in [3.63, 3.8) is 0 Å². The van der Waals surface area contributed by atoms with Crippen LogP contribution >= 0.6 is 15.9 Å². The van der Waals surface area contributed by atoms with Gasteiger partial charge in [-0.05, 0) is 22.0 Å². The summed E-state index contributed by atoms with van der Waals surface area (Å²) in [6.45, 7) is 0. The number of nitrogens with two attached hydrogens (primary N) is 2. The Balaban J connectivity index is 2.81. The van der Waals surface area contributed by atoms with E-state index in [1.165, 1.54) is 6.21 Å². The maximum absolute atomic E-state index is 10.3. The largest absolute Gasteiger partial charge is 0.396 e. The van der Waals surface area contributed by atoms with Gasteiger partial charge in [-0.1, -0.05) is 0 Å². The van der Waals surface area contributed by atoms with Crippen LogP contribution in [0.2, 0.25) is 0 Å². The summed E-state index contributed by atoms with van der Waals surface area (Å²) in [5.41, 5.74) is 13.6. The second-order valence-electron chi connectivity index (χ2n) is 2.34. The smallest absolute Gasteiger partial charge is 0.332 e. The third kappa shape index (κ3) is 2.70. The van der Waals surface area contributed by atoms with E-state index in [9.17, 15) is 4.79 Å². The third-order valence-electron chi connectivity index (χ3n) is 1.35. The number of hydrogen-bond acceptors (Lipinski definition) is 4. The molecule has 0 spiro atoms. The molecule has 0 aliphatic carbocycles. The average Bonchev–Trinajstić information content (AvgIpc) is 2.12. The van der Waals surface area contributed by atoms with E-state index in [0.29, 0.717) is 15.9 Å². The molecule has 1 aromatic heterocycles. The van der Waals surface area contributed by atoms with Crippen LogP contribution in [0.15, 0.2) is 22.0 Å². The summed E-state index contributed by atoms with van der Waals surface area (Å²) < 4.78 is 0.528. The number of carbonyl (C=O) groups excluding carboxylic acids is 1. The second-order valence-corrected chi connectivity index (χ2v) is 3.09. The Kier molecular flexibility index (Phi) is 3.41. The Morgan fingerprint density at radius 2 is 2.43 bits per heavy atom. The van der Waals surface area contributed by atoms with Crippen molar-refractivity contribution in [3.8, 4) is 0 Å². The average molecular weight is 258 g/mol. The van der Waals surface area contributed by atoms with Crippen molar-refractivity contribution in [2.75, 3.05) is 5.73 Å². The van der Waals surface area contributed by atoms with Gasteiger partial charge in [-0.25, -0.2) is 15.2 Å². The molecule has 6 nitrogen and oxygen atoms in total. The van der Waals surface area contributed by atoms with E-state index in [0.717, 1.165) is 0 Å². The molecule has 7 heteroatoms. The van der Waals surface area contributed by atoms with Crippen LogP contribution in [-0.4, -0.2) is 17.2 Å². The lowest BCUT2D eigenvalue weighted by atomic mass is 10.2. The molecule has 14 heavy (non-hydrogen) atoms. The zero-order chi connectivity index (χ0) is 10.6. The van der Waals surface area contributed by atoms with E-state index in [2.05, 4.69) is 31.4 Å². The predicted molar refractivity (Wildman–Crippen MR) is 56.7 cm³/mol. The highest BCUT2D eigenvalue weighted by Crippen LogP contribution is 2.18. The summed E-state index contributed by atoms with van der Waals surface area (Å²) in [5, 5.41) is 3.56. The minimum absolute atomic E-state index is 0.447. The van der Waals surface area contributed by atoms with Gasteiger partial charge in [-0.15, -0.1) is 0 Å². The lowest BCUT2D eigenvalue weighted by Gasteiger charge is -2.00. The Morgan fingerprint density at radius 1 is 1.71 bits per heavy atom. The highest BCUT2D eigenvalue weighted by molar-refractivity contribution is 9.10. The first-order valence-electron chi connectivity index (χ1n) is 3.59. The van der Waals surface area contributed by atoms with Gasteiger partial charge in [0, 0.05) is 11.8 Å². The van der Waals surface area contributed by atoms with Crippen LogP contribution in [0.4, 0.5) is 10.5 Å². The summed E-state index contributed by atoms with van der Waals surface area (Å²) in [6.07, 6.45) is 2.94. The van der Waals surface area contributed by atoms with Crippen LogP contribution in [0.25, 0.3) is 0 Å². The van der Waals surface area contributed by atoms with Gasteiger partial charge in [0.25, 0.3) is 0 Å². The van der Waals surface area contributed by atoms with E-state index >= 15 is 0 Å². The van der Waals surface area contributed by atoms with E-state index < -0.39 is 6.03 Å². The molecular formula is C7H8BrN5O. The van der Waals surface area contributed by atoms with Gasteiger partial charge in [0.2, 0.25) is 0 Å². The SMILES string of the molecule is NC(=O)N/N=C/c1ccnc(Br)c1N. The molecule has 1 rings (SSSR count). The lowest BCUT2D eigenvalue weighted by Crippen LogP contribution is -2.24. The number of carbonyl (C=O) groups is 1.